The van der Waals surface area contributed by atoms with Gasteiger partial charge in [-0.05, 0) is 26.2 Å². The smallest absolute Gasteiger partial charge is 0.0780 e. The van der Waals surface area contributed by atoms with Gasteiger partial charge in [0, 0.05) is 6.61 Å². The molecule has 0 aromatic rings. The number of rotatable bonds is 7. The molecule has 0 rings (SSSR count). The highest BCUT2D eigenvalue weighted by atomic mass is 16.5. The molecule has 2 unspecified atom stereocenters. The maximum Gasteiger partial charge on any atom is 0.0780 e. The van der Waals surface area contributed by atoms with Crippen LogP contribution in [0.3, 0.4) is 0 Å². The van der Waals surface area contributed by atoms with Crippen molar-refractivity contribution in [3.63, 3.8) is 0 Å². The van der Waals surface area contributed by atoms with Crippen molar-refractivity contribution in [1.29, 1.82) is 0 Å². The van der Waals surface area contributed by atoms with Gasteiger partial charge in [0.2, 0.25) is 0 Å². The zero-order chi connectivity index (χ0) is 10.3. The third-order valence-corrected chi connectivity index (χ3v) is 1.90. The van der Waals surface area contributed by atoms with Crippen LogP contribution in [-0.2, 0) is 9.47 Å². The Hall–Kier alpha value is -0.0800. The van der Waals surface area contributed by atoms with Crippen LogP contribution in [0.4, 0.5) is 0 Å². The average molecular weight is 188 g/mol. The summed E-state index contributed by atoms with van der Waals surface area (Å²) in [6.07, 6.45) is 1.64. The summed E-state index contributed by atoms with van der Waals surface area (Å²) in [6, 6.07) is 0. The Kier molecular flexibility index (Phi) is 7.29. The predicted molar refractivity (Wildman–Crippen MR) is 56.0 cm³/mol. The molecule has 0 radical (unpaired) electrons. The van der Waals surface area contributed by atoms with Crippen LogP contribution >= 0.6 is 0 Å². The lowest BCUT2D eigenvalue weighted by Crippen LogP contribution is -2.21. The number of hydrogen-bond donors (Lipinski definition) is 0. The third-order valence-electron chi connectivity index (χ3n) is 1.90. The van der Waals surface area contributed by atoms with E-state index >= 15 is 0 Å². The quantitative estimate of drug-likeness (QED) is 0.611. The summed E-state index contributed by atoms with van der Waals surface area (Å²) in [5, 5.41) is 0. The van der Waals surface area contributed by atoms with Crippen LogP contribution in [0.25, 0.3) is 0 Å². The summed E-state index contributed by atoms with van der Waals surface area (Å²) in [4.78, 5) is 0. The molecule has 0 heterocycles. The van der Waals surface area contributed by atoms with E-state index in [-0.39, 0.29) is 6.10 Å². The molecule has 0 saturated heterocycles. The van der Waals surface area contributed by atoms with E-state index in [0.29, 0.717) is 18.6 Å². The molecule has 0 bridgehead atoms. The van der Waals surface area contributed by atoms with Gasteiger partial charge in [-0.2, -0.15) is 0 Å². The lowest BCUT2D eigenvalue weighted by Gasteiger charge is -2.17. The SMILES string of the molecule is CCC(C)OCC(C)OCC(C)C. The van der Waals surface area contributed by atoms with E-state index in [9.17, 15) is 0 Å². The second-order valence-corrected chi connectivity index (χ2v) is 4.09. The molecular formula is C11H24O2. The molecule has 0 N–H and O–H groups in total. The van der Waals surface area contributed by atoms with Crippen LogP contribution in [0.2, 0.25) is 0 Å². The van der Waals surface area contributed by atoms with E-state index in [1.807, 2.05) is 0 Å². The summed E-state index contributed by atoms with van der Waals surface area (Å²) in [5.41, 5.74) is 0. The highest BCUT2D eigenvalue weighted by molar-refractivity contribution is 4.52. The van der Waals surface area contributed by atoms with Crippen molar-refractivity contribution in [3.8, 4) is 0 Å². The summed E-state index contributed by atoms with van der Waals surface area (Å²) in [7, 11) is 0. The summed E-state index contributed by atoms with van der Waals surface area (Å²) in [5.74, 6) is 0.603. The number of hydrogen-bond acceptors (Lipinski definition) is 2. The zero-order valence-corrected chi connectivity index (χ0v) is 9.67. The molecule has 2 atom stereocenters. The molecule has 0 fully saturated rings. The van der Waals surface area contributed by atoms with E-state index in [0.717, 1.165) is 13.0 Å². The lowest BCUT2D eigenvalue weighted by atomic mass is 10.2. The first-order chi connectivity index (χ1) is 6.06. The van der Waals surface area contributed by atoms with Gasteiger partial charge in [0.25, 0.3) is 0 Å². The fourth-order valence-electron chi connectivity index (χ4n) is 0.822. The van der Waals surface area contributed by atoms with Crippen molar-refractivity contribution < 1.29 is 9.47 Å². The van der Waals surface area contributed by atoms with Crippen molar-refractivity contribution in [2.24, 2.45) is 5.92 Å². The molecule has 0 aliphatic rings. The maximum atomic E-state index is 5.57. The molecule has 2 heteroatoms. The first-order valence-electron chi connectivity index (χ1n) is 5.29. The Bertz CT molecular complexity index is 113. The molecule has 0 amide bonds. The van der Waals surface area contributed by atoms with Crippen molar-refractivity contribution in [3.05, 3.63) is 0 Å². The standard InChI is InChI=1S/C11H24O2/c1-6-10(4)13-8-11(5)12-7-9(2)3/h9-11H,6-8H2,1-5H3. The van der Waals surface area contributed by atoms with E-state index in [2.05, 4.69) is 34.6 Å². The van der Waals surface area contributed by atoms with Crippen molar-refractivity contribution in [2.75, 3.05) is 13.2 Å². The fourth-order valence-corrected chi connectivity index (χ4v) is 0.822. The molecule has 0 spiro atoms. The van der Waals surface area contributed by atoms with Gasteiger partial charge in [0.15, 0.2) is 0 Å². The minimum absolute atomic E-state index is 0.219. The van der Waals surface area contributed by atoms with Crippen LogP contribution in [0.1, 0.15) is 41.0 Å². The minimum atomic E-state index is 0.219. The maximum absolute atomic E-state index is 5.57. The Morgan fingerprint density at radius 2 is 1.38 bits per heavy atom. The van der Waals surface area contributed by atoms with Crippen molar-refractivity contribution in [2.45, 2.75) is 53.2 Å². The predicted octanol–water partition coefficient (Wildman–Crippen LogP) is 2.86. The van der Waals surface area contributed by atoms with Crippen LogP contribution < -0.4 is 0 Å². The largest absolute Gasteiger partial charge is 0.376 e. The molecular weight excluding hydrogens is 164 g/mol. The Balaban J connectivity index is 3.34. The monoisotopic (exact) mass is 188 g/mol. The summed E-state index contributed by atoms with van der Waals surface area (Å²) >= 11 is 0. The molecule has 13 heavy (non-hydrogen) atoms. The van der Waals surface area contributed by atoms with Gasteiger partial charge in [-0.3, -0.25) is 0 Å². The highest BCUT2D eigenvalue weighted by Gasteiger charge is 2.05. The molecule has 80 valence electrons. The number of ether oxygens (including phenoxy) is 2. The lowest BCUT2D eigenvalue weighted by molar-refractivity contribution is -0.0388. The molecule has 2 nitrogen and oxygen atoms in total. The van der Waals surface area contributed by atoms with Gasteiger partial charge in [-0.25, -0.2) is 0 Å². The summed E-state index contributed by atoms with van der Waals surface area (Å²) in [6.45, 7) is 12.1. The molecule has 0 aromatic carbocycles. The van der Waals surface area contributed by atoms with Crippen LogP contribution in [0.15, 0.2) is 0 Å². The van der Waals surface area contributed by atoms with Gasteiger partial charge < -0.3 is 9.47 Å². The highest BCUT2D eigenvalue weighted by Crippen LogP contribution is 2.01. The van der Waals surface area contributed by atoms with Gasteiger partial charge in [0.1, 0.15) is 0 Å². The fraction of sp³-hybridized carbons (Fsp3) is 1.00. The Labute approximate surface area is 82.6 Å². The van der Waals surface area contributed by atoms with Gasteiger partial charge in [-0.15, -0.1) is 0 Å². The first-order valence-corrected chi connectivity index (χ1v) is 5.29. The second kappa shape index (κ2) is 7.34. The Morgan fingerprint density at radius 1 is 0.846 bits per heavy atom. The topological polar surface area (TPSA) is 18.5 Å². The van der Waals surface area contributed by atoms with Gasteiger partial charge >= 0.3 is 0 Å². The summed E-state index contributed by atoms with van der Waals surface area (Å²) < 4.78 is 11.1. The van der Waals surface area contributed by atoms with E-state index < -0.39 is 0 Å². The molecule has 0 aliphatic heterocycles. The molecule has 0 saturated carbocycles. The van der Waals surface area contributed by atoms with E-state index in [4.69, 9.17) is 9.47 Å². The van der Waals surface area contributed by atoms with Crippen LogP contribution in [-0.4, -0.2) is 25.4 Å². The normalized spacial score (nSPS) is 16.2. The second-order valence-electron chi connectivity index (χ2n) is 4.09. The molecule has 0 aliphatic carbocycles. The van der Waals surface area contributed by atoms with Gasteiger partial charge in [-0.1, -0.05) is 20.8 Å². The van der Waals surface area contributed by atoms with Crippen molar-refractivity contribution in [1.82, 2.24) is 0 Å². The van der Waals surface area contributed by atoms with E-state index in [1.165, 1.54) is 0 Å². The van der Waals surface area contributed by atoms with Crippen LogP contribution in [0.5, 0.6) is 0 Å². The average Bonchev–Trinajstić information content (AvgIpc) is 2.10. The van der Waals surface area contributed by atoms with Crippen molar-refractivity contribution >= 4 is 0 Å². The molecule has 0 aromatic heterocycles. The first kappa shape index (κ1) is 12.9. The van der Waals surface area contributed by atoms with Gasteiger partial charge in [0.05, 0.1) is 18.8 Å². The third kappa shape index (κ3) is 8.26. The zero-order valence-electron chi connectivity index (χ0n) is 9.67. The Morgan fingerprint density at radius 3 is 1.85 bits per heavy atom. The van der Waals surface area contributed by atoms with E-state index in [1.54, 1.807) is 0 Å². The van der Waals surface area contributed by atoms with Crippen LogP contribution in [0, 0.1) is 5.92 Å². The minimum Gasteiger partial charge on any atom is -0.376 e.